The molecule has 0 saturated heterocycles. The second-order valence-corrected chi connectivity index (χ2v) is 4.13. The fourth-order valence-electron chi connectivity index (χ4n) is 1.61. The first-order valence-electron chi connectivity index (χ1n) is 4.44. The van der Waals surface area contributed by atoms with Gasteiger partial charge in [-0.1, -0.05) is 24.3 Å². The Morgan fingerprint density at radius 2 is 1.77 bits per heavy atom. The van der Waals surface area contributed by atoms with Crippen LogP contribution in [0.3, 0.4) is 0 Å². The predicted molar refractivity (Wildman–Crippen MR) is 62.8 cm³/mol. The van der Waals surface area contributed by atoms with E-state index in [1.165, 1.54) is 27.2 Å². The van der Waals surface area contributed by atoms with Crippen molar-refractivity contribution in [1.29, 1.82) is 0 Å². The molecule has 66 valence electrons. The molecule has 2 aromatic rings. The van der Waals surface area contributed by atoms with Crippen LogP contribution in [-0.2, 0) is 0 Å². The van der Waals surface area contributed by atoms with Gasteiger partial charge in [0, 0.05) is 0 Å². The summed E-state index contributed by atoms with van der Waals surface area (Å²) in [6.07, 6.45) is 0. The second-order valence-electron chi connectivity index (χ2n) is 3.50. The molecule has 13 heavy (non-hydrogen) atoms. The van der Waals surface area contributed by atoms with Crippen LogP contribution in [0.2, 0.25) is 0 Å². The van der Waals surface area contributed by atoms with Gasteiger partial charge >= 0.3 is 0 Å². The van der Waals surface area contributed by atoms with Crippen molar-refractivity contribution >= 4 is 25.3 Å². The van der Waals surface area contributed by atoms with Gasteiger partial charge in [0.15, 0.2) is 0 Å². The minimum Gasteiger partial charge on any atom is -0.105 e. The van der Waals surface area contributed by atoms with Gasteiger partial charge in [-0.05, 0) is 47.1 Å². The molecule has 0 radical (unpaired) electrons. The van der Waals surface area contributed by atoms with Crippen LogP contribution in [0, 0.1) is 13.8 Å². The fraction of sp³-hybridized carbons (Fsp3) is 0.167. The van der Waals surface area contributed by atoms with Crippen LogP contribution >= 0.6 is 9.24 Å². The molecule has 0 saturated carbocycles. The summed E-state index contributed by atoms with van der Waals surface area (Å²) in [5.41, 5.74) is 2.69. The Morgan fingerprint density at radius 1 is 1.00 bits per heavy atom. The maximum absolute atomic E-state index is 2.78. The van der Waals surface area contributed by atoms with Gasteiger partial charge in [-0.3, -0.25) is 0 Å². The first kappa shape index (κ1) is 8.72. The highest BCUT2D eigenvalue weighted by Gasteiger charge is 1.99. The molecule has 0 fully saturated rings. The summed E-state index contributed by atoms with van der Waals surface area (Å²) in [5.74, 6) is 0. The minimum atomic E-state index is 1.29. The third-order valence-electron chi connectivity index (χ3n) is 2.49. The van der Waals surface area contributed by atoms with Crippen LogP contribution < -0.4 is 5.30 Å². The molecule has 0 aliphatic rings. The van der Waals surface area contributed by atoms with E-state index >= 15 is 0 Å². The van der Waals surface area contributed by atoms with E-state index in [1.54, 1.807) is 0 Å². The summed E-state index contributed by atoms with van der Waals surface area (Å²) in [7, 11) is 2.78. The number of hydrogen-bond acceptors (Lipinski definition) is 0. The molecule has 0 aliphatic heterocycles. The Labute approximate surface area is 81.2 Å². The average molecular weight is 188 g/mol. The van der Waals surface area contributed by atoms with Gasteiger partial charge in [-0.2, -0.15) is 0 Å². The molecule has 0 heterocycles. The van der Waals surface area contributed by atoms with Gasteiger partial charge in [0.05, 0.1) is 0 Å². The van der Waals surface area contributed by atoms with Crippen LogP contribution in [0.5, 0.6) is 0 Å². The highest BCUT2D eigenvalue weighted by atomic mass is 31.0. The van der Waals surface area contributed by atoms with E-state index in [0.717, 1.165) is 0 Å². The molecule has 2 aromatic carbocycles. The molecular weight excluding hydrogens is 175 g/mol. The Kier molecular flexibility index (Phi) is 2.09. The van der Waals surface area contributed by atoms with Gasteiger partial charge in [0.25, 0.3) is 0 Å². The standard InChI is InChI=1S/C12H13P/c1-8-4-3-5-10-7-12(13)9(2)6-11(8)10/h3-7H,13H2,1-2H3. The Morgan fingerprint density at radius 3 is 2.54 bits per heavy atom. The number of aryl methyl sites for hydroxylation is 2. The normalized spacial score (nSPS) is 10.7. The van der Waals surface area contributed by atoms with Crippen LogP contribution in [0.1, 0.15) is 11.1 Å². The van der Waals surface area contributed by atoms with Crippen LogP contribution in [0.4, 0.5) is 0 Å². The summed E-state index contributed by atoms with van der Waals surface area (Å²) in [4.78, 5) is 0. The third-order valence-corrected chi connectivity index (χ3v) is 3.11. The summed E-state index contributed by atoms with van der Waals surface area (Å²) in [5, 5.41) is 3.99. The second kappa shape index (κ2) is 3.12. The van der Waals surface area contributed by atoms with E-state index in [-0.39, 0.29) is 0 Å². The topological polar surface area (TPSA) is 0 Å². The van der Waals surface area contributed by atoms with Crippen molar-refractivity contribution in [3.05, 3.63) is 41.5 Å². The molecular formula is C12H13P. The minimum absolute atomic E-state index is 1.29. The zero-order valence-electron chi connectivity index (χ0n) is 7.96. The van der Waals surface area contributed by atoms with Crippen molar-refractivity contribution in [2.45, 2.75) is 13.8 Å². The van der Waals surface area contributed by atoms with Crippen molar-refractivity contribution in [1.82, 2.24) is 0 Å². The van der Waals surface area contributed by atoms with Crippen LogP contribution in [0.15, 0.2) is 30.3 Å². The molecule has 0 amide bonds. The average Bonchev–Trinajstić information content (AvgIpc) is 2.09. The summed E-state index contributed by atoms with van der Waals surface area (Å²) >= 11 is 0. The zero-order chi connectivity index (χ0) is 9.42. The van der Waals surface area contributed by atoms with E-state index in [2.05, 4.69) is 53.4 Å². The van der Waals surface area contributed by atoms with E-state index in [9.17, 15) is 0 Å². The van der Waals surface area contributed by atoms with E-state index in [0.29, 0.717) is 0 Å². The number of hydrogen-bond donors (Lipinski definition) is 0. The quantitative estimate of drug-likeness (QED) is 0.557. The summed E-state index contributed by atoms with van der Waals surface area (Å²) in [6.45, 7) is 4.30. The molecule has 1 atom stereocenters. The summed E-state index contributed by atoms with van der Waals surface area (Å²) < 4.78 is 0. The molecule has 2 rings (SSSR count). The molecule has 1 heteroatoms. The number of rotatable bonds is 0. The van der Waals surface area contributed by atoms with Crippen LogP contribution in [-0.4, -0.2) is 0 Å². The molecule has 0 nitrogen and oxygen atoms in total. The Bertz CT molecular complexity index is 458. The van der Waals surface area contributed by atoms with Crippen LogP contribution in [0.25, 0.3) is 10.8 Å². The van der Waals surface area contributed by atoms with Crippen molar-refractivity contribution in [3.8, 4) is 0 Å². The van der Waals surface area contributed by atoms with Crippen molar-refractivity contribution in [2.24, 2.45) is 0 Å². The molecule has 0 bridgehead atoms. The maximum Gasteiger partial charge on any atom is -0.0152 e. The first-order valence-corrected chi connectivity index (χ1v) is 5.01. The lowest BCUT2D eigenvalue weighted by molar-refractivity contribution is 1.50. The van der Waals surface area contributed by atoms with Gasteiger partial charge in [-0.15, -0.1) is 9.24 Å². The fourth-order valence-corrected chi connectivity index (χ4v) is 1.87. The van der Waals surface area contributed by atoms with E-state index < -0.39 is 0 Å². The lowest BCUT2D eigenvalue weighted by atomic mass is 10.0. The van der Waals surface area contributed by atoms with Gasteiger partial charge in [0.1, 0.15) is 0 Å². The van der Waals surface area contributed by atoms with Crippen molar-refractivity contribution in [3.63, 3.8) is 0 Å². The first-order chi connectivity index (χ1) is 6.18. The van der Waals surface area contributed by atoms with Gasteiger partial charge < -0.3 is 0 Å². The van der Waals surface area contributed by atoms with Crippen molar-refractivity contribution < 1.29 is 0 Å². The lowest BCUT2D eigenvalue weighted by Gasteiger charge is -2.05. The highest BCUT2D eigenvalue weighted by molar-refractivity contribution is 7.27. The number of benzene rings is 2. The molecule has 0 aromatic heterocycles. The highest BCUT2D eigenvalue weighted by Crippen LogP contribution is 2.19. The monoisotopic (exact) mass is 188 g/mol. The molecule has 0 aliphatic carbocycles. The summed E-state index contributed by atoms with van der Waals surface area (Å²) in [6, 6.07) is 10.9. The SMILES string of the molecule is Cc1cc2c(C)cccc2cc1P. The smallest absolute Gasteiger partial charge is 0.0152 e. The van der Waals surface area contributed by atoms with E-state index in [4.69, 9.17) is 0 Å². The van der Waals surface area contributed by atoms with Gasteiger partial charge in [-0.25, -0.2) is 0 Å². The maximum atomic E-state index is 2.78. The molecule has 0 N–H and O–H groups in total. The Hall–Kier alpha value is -0.870. The predicted octanol–water partition coefficient (Wildman–Crippen LogP) is 2.96. The zero-order valence-corrected chi connectivity index (χ0v) is 9.12. The Balaban J connectivity index is 2.89. The lowest BCUT2D eigenvalue weighted by Crippen LogP contribution is -1.96. The molecule has 0 spiro atoms. The van der Waals surface area contributed by atoms with Gasteiger partial charge in [0.2, 0.25) is 0 Å². The number of fused-ring (bicyclic) bond motifs is 1. The van der Waals surface area contributed by atoms with Crippen molar-refractivity contribution in [2.75, 3.05) is 0 Å². The van der Waals surface area contributed by atoms with E-state index in [1.807, 2.05) is 0 Å². The molecule has 1 unspecified atom stereocenters. The largest absolute Gasteiger partial charge is 0.105 e. The third kappa shape index (κ3) is 1.47.